The Bertz CT molecular complexity index is 874. The van der Waals surface area contributed by atoms with E-state index >= 15 is 0 Å². The van der Waals surface area contributed by atoms with E-state index in [1.54, 1.807) is 14.0 Å². The first-order valence-electron chi connectivity index (χ1n) is 10.4. The summed E-state index contributed by atoms with van der Waals surface area (Å²) in [7, 11) is -0.595. The first kappa shape index (κ1) is 21.9. The molecule has 1 aromatic carbocycles. The van der Waals surface area contributed by atoms with Crippen LogP contribution in [0.4, 0.5) is 0 Å². The second-order valence-corrected chi connectivity index (χ2v) is 14.4. The van der Waals surface area contributed by atoms with Gasteiger partial charge in [-0.05, 0) is 68.0 Å². The smallest absolute Gasteiger partial charge is 0.342 e. The third kappa shape index (κ3) is 3.61. The van der Waals surface area contributed by atoms with Crippen molar-refractivity contribution in [3.05, 3.63) is 27.8 Å². The van der Waals surface area contributed by atoms with E-state index < -0.39 is 14.4 Å². The number of cyclic esters (lactones) is 1. The summed E-state index contributed by atoms with van der Waals surface area (Å²) in [6.07, 6.45) is 2.10. The predicted molar refractivity (Wildman–Crippen MR) is 117 cm³/mol. The molecule has 1 N–H and O–H groups in total. The van der Waals surface area contributed by atoms with E-state index in [1.165, 1.54) is 0 Å². The Morgan fingerprint density at radius 2 is 1.79 bits per heavy atom. The summed E-state index contributed by atoms with van der Waals surface area (Å²) in [5, 5.41) is 10.4. The van der Waals surface area contributed by atoms with Crippen molar-refractivity contribution in [1.82, 2.24) is 0 Å². The monoisotopic (exact) mass is 418 g/mol. The molecule has 5 nitrogen and oxygen atoms in total. The van der Waals surface area contributed by atoms with Crippen LogP contribution in [0.2, 0.25) is 18.1 Å². The summed E-state index contributed by atoms with van der Waals surface area (Å²) in [4.78, 5) is 12.8. The highest BCUT2D eigenvalue weighted by Gasteiger charge is 2.43. The first-order chi connectivity index (χ1) is 13.4. The number of aliphatic hydroxyl groups excluding tert-OH is 1. The highest BCUT2D eigenvalue weighted by atomic mass is 28.4. The number of esters is 1. The Morgan fingerprint density at radius 3 is 2.34 bits per heavy atom. The molecule has 0 amide bonds. The summed E-state index contributed by atoms with van der Waals surface area (Å²) in [5.41, 5.74) is 5.19. The van der Waals surface area contributed by atoms with Gasteiger partial charge in [0, 0.05) is 5.56 Å². The number of fused-ring (bicyclic) bond motifs is 1. The van der Waals surface area contributed by atoms with Gasteiger partial charge in [-0.3, -0.25) is 0 Å². The van der Waals surface area contributed by atoms with Crippen molar-refractivity contribution < 1.29 is 23.8 Å². The van der Waals surface area contributed by atoms with Gasteiger partial charge in [0.25, 0.3) is 8.32 Å². The summed E-state index contributed by atoms with van der Waals surface area (Å²) in [5.74, 6) is 0.982. The quantitative estimate of drug-likeness (QED) is 0.514. The standard InChI is InChI=1S/C23H34O5Si/c1-13-17-12-27-22(25)19(17)21(28-29(7,8)23(3,4)5)18(20(13)26-6)16-11-9-10-15(16)14(2)24/h14,24H,9-12H2,1-8H3. The molecular formula is C23H34O5Si. The zero-order valence-corrected chi connectivity index (χ0v) is 20.0. The normalized spacial score (nSPS) is 18.0. The lowest BCUT2D eigenvalue weighted by atomic mass is 9.90. The fourth-order valence-corrected chi connectivity index (χ4v) is 5.06. The van der Waals surface area contributed by atoms with Crippen molar-refractivity contribution in [1.29, 1.82) is 0 Å². The molecule has 1 atom stereocenters. The van der Waals surface area contributed by atoms with Gasteiger partial charge in [0.05, 0.1) is 18.8 Å². The van der Waals surface area contributed by atoms with Crippen molar-refractivity contribution >= 4 is 19.9 Å². The Morgan fingerprint density at radius 1 is 1.14 bits per heavy atom. The Balaban J connectivity index is 2.38. The molecule has 6 heteroatoms. The minimum atomic E-state index is -2.25. The van der Waals surface area contributed by atoms with Crippen molar-refractivity contribution in [2.75, 3.05) is 7.11 Å². The molecule has 3 rings (SSSR count). The lowest BCUT2D eigenvalue weighted by molar-refractivity contribution is 0.0533. The molecule has 2 aliphatic rings. The zero-order valence-electron chi connectivity index (χ0n) is 19.0. The van der Waals surface area contributed by atoms with Crippen LogP contribution >= 0.6 is 0 Å². The van der Waals surface area contributed by atoms with Crippen LogP contribution in [-0.2, 0) is 11.3 Å². The van der Waals surface area contributed by atoms with Crippen LogP contribution < -0.4 is 9.16 Å². The maximum Gasteiger partial charge on any atom is 0.342 e. The fourth-order valence-electron chi connectivity index (χ4n) is 4.04. The van der Waals surface area contributed by atoms with Crippen molar-refractivity contribution in [2.45, 2.75) is 84.7 Å². The molecule has 0 radical (unpaired) electrons. The maximum absolute atomic E-state index is 12.8. The molecule has 1 aliphatic heterocycles. The number of allylic oxidation sites excluding steroid dienone is 1. The Hall–Kier alpha value is -1.79. The average molecular weight is 419 g/mol. The maximum atomic E-state index is 12.8. The number of hydrogen-bond donors (Lipinski definition) is 1. The number of methoxy groups -OCH3 is 1. The molecule has 0 bridgehead atoms. The van der Waals surface area contributed by atoms with Crippen molar-refractivity contribution in [2.24, 2.45) is 0 Å². The third-order valence-electron chi connectivity index (χ3n) is 6.76. The van der Waals surface area contributed by atoms with E-state index in [9.17, 15) is 9.90 Å². The summed E-state index contributed by atoms with van der Waals surface area (Å²) >= 11 is 0. The number of ether oxygens (including phenoxy) is 2. The van der Waals surface area contributed by atoms with Crippen LogP contribution in [0, 0.1) is 6.92 Å². The van der Waals surface area contributed by atoms with Gasteiger partial charge in [-0.2, -0.15) is 0 Å². The number of aliphatic hydroxyl groups is 1. The van der Waals surface area contributed by atoms with E-state index in [-0.39, 0.29) is 17.6 Å². The van der Waals surface area contributed by atoms with Crippen molar-refractivity contribution in [3.63, 3.8) is 0 Å². The van der Waals surface area contributed by atoms with Crippen LogP contribution in [0.3, 0.4) is 0 Å². The van der Waals surface area contributed by atoms with E-state index in [4.69, 9.17) is 13.9 Å². The number of rotatable bonds is 5. The molecule has 1 aliphatic carbocycles. The predicted octanol–water partition coefficient (Wildman–Crippen LogP) is 5.38. The van der Waals surface area contributed by atoms with Gasteiger partial charge in [-0.15, -0.1) is 0 Å². The van der Waals surface area contributed by atoms with Crippen LogP contribution in [0.5, 0.6) is 11.5 Å². The SMILES string of the molecule is COc1c(C)c2c(c(O[Si](C)(C)C(C)(C)C)c1C1=C(C(C)O)CCC1)C(=O)OC2. The third-order valence-corrected chi connectivity index (χ3v) is 11.1. The van der Waals surface area contributed by atoms with E-state index in [1.807, 2.05) is 6.92 Å². The molecule has 0 saturated carbocycles. The fraction of sp³-hybridized carbons (Fsp3) is 0.609. The number of benzene rings is 1. The van der Waals surface area contributed by atoms with E-state index in [2.05, 4.69) is 33.9 Å². The second kappa shape index (κ2) is 7.47. The lowest BCUT2D eigenvalue weighted by Gasteiger charge is -2.38. The number of carbonyl (C=O) groups excluding carboxylic acids is 1. The summed E-state index contributed by atoms with van der Waals surface area (Å²) in [6.45, 7) is 14.9. The highest BCUT2D eigenvalue weighted by molar-refractivity contribution is 6.74. The molecular weight excluding hydrogens is 384 g/mol. The summed E-state index contributed by atoms with van der Waals surface area (Å²) in [6, 6.07) is 0. The lowest BCUT2D eigenvalue weighted by Crippen LogP contribution is -2.44. The summed E-state index contributed by atoms with van der Waals surface area (Å²) < 4.78 is 18.1. The van der Waals surface area contributed by atoms with Crippen molar-refractivity contribution in [3.8, 4) is 11.5 Å². The van der Waals surface area contributed by atoms with Crippen LogP contribution in [0.1, 0.15) is 74.0 Å². The van der Waals surface area contributed by atoms with Gasteiger partial charge in [-0.1, -0.05) is 20.8 Å². The molecule has 1 unspecified atom stereocenters. The second-order valence-electron chi connectivity index (χ2n) is 9.69. The van der Waals surface area contributed by atoms with Gasteiger partial charge in [0.15, 0.2) is 0 Å². The largest absolute Gasteiger partial charge is 0.542 e. The molecule has 160 valence electrons. The van der Waals surface area contributed by atoms with Gasteiger partial charge in [0.1, 0.15) is 23.7 Å². The van der Waals surface area contributed by atoms with Gasteiger partial charge < -0.3 is 19.0 Å². The molecule has 0 spiro atoms. The van der Waals surface area contributed by atoms with Gasteiger partial charge in [-0.25, -0.2) is 4.79 Å². The van der Waals surface area contributed by atoms with Crippen LogP contribution in [-0.4, -0.2) is 32.6 Å². The molecule has 0 aromatic heterocycles. The topological polar surface area (TPSA) is 65.0 Å². The minimum Gasteiger partial charge on any atom is -0.542 e. The van der Waals surface area contributed by atoms with E-state index in [0.29, 0.717) is 11.3 Å². The molecule has 0 fully saturated rings. The number of carbonyl (C=O) groups is 1. The van der Waals surface area contributed by atoms with Gasteiger partial charge >= 0.3 is 5.97 Å². The van der Waals surface area contributed by atoms with Crippen LogP contribution in [0.15, 0.2) is 5.57 Å². The molecule has 0 saturated heterocycles. The van der Waals surface area contributed by atoms with Crippen LogP contribution in [0.25, 0.3) is 5.57 Å². The first-order valence-corrected chi connectivity index (χ1v) is 13.3. The highest BCUT2D eigenvalue weighted by Crippen LogP contribution is 2.51. The average Bonchev–Trinajstić information content (AvgIpc) is 3.23. The Kier molecular flexibility index (Phi) is 5.64. The van der Waals surface area contributed by atoms with Gasteiger partial charge in [0.2, 0.25) is 0 Å². The zero-order chi connectivity index (χ0) is 21.7. The van der Waals surface area contributed by atoms with E-state index in [0.717, 1.165) is 52.8 Å². The molecule has 1 aromatic rings. The molecule has 29 heavy (non-hydrogen) atoms. The number of hydrogen-bond acceptors (Lipinski definition) is 5. The molecule has 1 heterocycles. The Labute approximate surface area is 175 Å². The minimum absolute atomic E-state index is 0.0328.